The molecule has 2 rings (SSSR count). The Morgan fingerprint density at radius 3 is 2.83 bits per heavy atom. The highest BCUT2D eigenvalue weighted by atomic mass is 79.9. The molecule has 0 N–H and O–H groups in total. The van der Waals surface area contributed by atoms with Crippen molar-refractivity contribution in [2.45, 2.75) is 32.1 Å². The summed E-state index contributed by atoms with van der Waals surface area (Å²) in [6.45, 7) is 0. The number of rotatable bonds is 4. The number of halogens is 1. The summed E-state index contributed by atoms with van der Waals surface area (Å²) in [5.74, 6) is 1.41. The van der Waals surface area contributed by atoms with Gasteiger partial charge in [-0.1, -0.05) is 46.8 Å². The molecule has 1 heterocycles. The van der Waals surface area contributed by atoms with Crippen LogP contribution >= 0.6 is 15.9 Å². The van der Waals surface area contributed by atoms with E-state index in [0.717, 1.165) is 16.9 Å². The lowest BCUT2D eigenvalue weighted by Gasteiger charge is -2.23. The second-order valence-electron chi connectivity index (χ2n) is 4.79. The third kappa shape index (κ3) is 3.58. The molecule has 0 radical (unpaired) electrons. The normalized spacial score (nSPS) is 17.8. The Balaban J connectivity index is 2.16. The number of methoxy groups -OCH3 is 1. The highest BCUT2D eigenvalue weighted by molar-refractivity contribution is 9.09. The lowest BCUT2D eigenvalue weighted by atomic mass is 9.84. The van der Waals surface area contributed by atoms with Gasteiger partial charge in [0.2, 0.25) is 5.88 Å². The first-order chi connectivity index (χ1) is 8.83. The fourth-order valence-corrected chi connectivity index (χ4v) is 3.17. The Labute approximate surface area is 118 Å². The van der Waals surface area contributed by atoms with Gasteiger partial charge in [-0.15, -0.1) is 0 Å². The molecule has 1 saturated carbocycles. The molecule has 1 fully saturated rings. The summed E-state index contributed by atoms with van der Waals surface area (Å²) in [6, 6.07) is 5.91. The van der Waals surface area contributed by atoms with E-state index in [0.29, 0.717) is 5.88 Å². The number of ether oxygens (including phenoxy) is 1. The standard InChI is InChI=1S/C15H20BrNO/c1-18-15-9-5-8-14(17-15)10-13(11-16)12-6-3-2-4-7-12/h5,8-10,12H,2-4,6-7,11H2,1H3/b13-10-. The van der Waals surface area contributed by atoms with Crippen LogP contribution in [0.15, 0.2) is 23.8 Å². The van der Waals surface area contributed by atoms with Crippen molar-refractivity contribution >= 4 is 22.0 Å². The quantitative estimate of drug-likeness (QED) is 0.767. The molecule has 3 heteroatoms. The molecule has 1 aromatic heterocycles. The van der Waals surface area contributed by atoms with E-state index in [1.54, 1.807) is 7.11 Å². The predicted octanol–water partition coefficient (Wildman–Crippen LogP) is 4.45. The van der Waals surface area contributed by atoms with Gasteiger partial charge in [0.05, 0.1) is 12.8 Å². The Morgan fingerprint density at radius 1 is 1.39 bits per heavy atom. The van der Waals surface area contributed by atoms with Gasteiger partial charge in [0, 0.05) is 11.4 Å². The summed E-state index contributed by atoms with van der Waals surface area (Å²) >= 11 is 3.62. The number of nitrogens with zero attached hydrogens (tertiary/aromatic N) is 1. The second kappa shape index (κ2) is 6.93. The molecule has 0 aromatic carbocycles. The van der Waals surface area contributed by atoms with Crippen LogP contribution in [0.1, 0.15) is 37.8 Å². The SMILES string of the molecule is COc1cccc(/C=C(/CBr)C2CCCCC2)n1. The van der Waals surface area contributed by atoms with Crippen LogP contribution in [0.25, 0.3) is 6.08 Å². The van der Waals surface area contributed by atoms with Gasteiger partial charge in [-0.3, -0.25) is 0 Å². The molecule has 18 heavy (non-hydrogen) atoms. The van der Waals surface area contributed by atoms with Gasteiger partial charge >= 0.3 is 0 Å². The van der Waals surface area contributed by atoms with Crippen LogP contribution in [0.5, 0.6) is 5.88 Å². The van der Waals surface area contributed by atoms with E-state index in [1.165, 1.54) is 37.7 Å². The molecular formula is C15H20BrNO. The summed E-state index contributed by atoms with van der Waals surface area (Å²) in [5, 5.41) is 0.941. The number of hydrogen-bond acceptors (Lipinski definition) is 2. The van der Waals surface area contributed by atoms with E-state index < -0.39 is 0 Å². The third-order valence-electron chi connectivity index (χ3n) is 3.57. The van der Waals surface area contributed by atoms with Gasteiger partial charge < -0.3 is 4.74 Å². The van der Waals surface area contributed by atoms with E-state index in [-0.39, 0.29) is 0 Å². The van der Waals surface area contributed by atoms with E-state index in [9.17, 15) is 0 Å². The van der Waals surface area contributed by atoms with Crippen molar-refractivity contribution in [1.82, 2.24) is 4.98 Å². The Kier molecular flexibility index (Phi) is 5.24. The Morgan fingerprint density at radius 2 is 2.17 bits per heavy atom. The molecule has 98 valence electrons. The molecule has 0 bridgehead atoms. The molecular weight excluding hydrogens is 290 g/mol. The fraction of sp³-hybridized carbons (Fsp3) is 0.533. The molecule has 1 aromatic rings. The zero-order chi connectivity index (χ0) is 12.8. The largest absolute Gasteiger partial charge is 0.481 e. The molecule has 0 atom stereocenters. The summed E-state index contributed by atoms with van der Waals surface area (Å²) < 4.78 is 5.16. The van der Waals surface area contributed by atoms with Crippen molar-refractivity contribution in [2.24, 2.45) is 5.92 Å². The lowest BCUT2D eigenvalue weighted by molar-refractivity contribution is 0.397. The topological polar surface area (TPSA) is 22.1 Å². The minimum absolute atomic E-state index is 0.682. The van der Waals surface area contributed by atoms with E-state index >= 15 is 0 Å². The van der Waals surface area contributed by atoms with Crippen molar-refractivity contribution in [3.8, 4) is 5.88 Å². The Bertz CT molecular complexity index is 411. The van der Waals surface area contributed by atoms with Crippen LogP contribution < -0.4 is 4.74 Å². The molecule has 0 unspecified atom stereocenters. The van der Waals surface area contributed by atoms with Crippen LogP contribution in [0.3, 0.4) is 0 Å². The zero-order valence-corrected chi connectivity index (χ0v) is 12.4. The average Bonchev–Trinajstić information content (AvgIpc) is 2.46. The first kappa shape index (κ1) is 13.6. The second-order valence-corrected chi connectivity index (χ2v) is 5.35. The fourth-order valence-electron chi connectivity index (χ4n) is 2.55. The van der Waals surface area contributed by atoms with Crippen molar-refractivity contribution in [3.63, 3.8) is 0 Å². The maximum Gasteiger partial charge on any atom is 0.213 e. The maximum atomic E-state index is 5.16. The zero-order valence-electron chi connectivity index (χ0n) is 10.9. The molecule has 1 aliphatic rings. The van der Waals surface area contributed by atoms with Crippen LogP contribution in [0.2, 0.25) is 0 Å². The molecule has 2 nitrogen and oxygen atoms in total. The van der Waals surface area contributed by atoms with E-state index in [4.69, 9.17) is 4.74 Å². The maximum absolute atomic E-state index is 5.16. The number of pyridine rings is 1. The summed E-state index contributed by atoms with van der Waals surface area (Å²) in [5.41, 5.74) is 2.46. The van der Waals surface area contributed by atoms with Gasteiger partial charge in [-0.05, 0) is 30.9 Å². The number of alkyl halides is 1. The predicted molar refractivity (Wildman–Crippen MR) is 79.1 cm³/mol. The van der Waals surface area contributed by atoms with Crippen LogP contribution in [0, 0.1) is 5.92 Å². The number of aromatic nitrogens is 1. The smallest absolute Gasteiger partial charge is 0.213 e. The Hall–Kier alpha value is -0.830. The minimum Gasteiger partial charge on any atom is -0.481 e. The molecule has 0 amide bonds. The van der Waals surface area contributed by atoms with Crippen LogP contribution in [-0.2, 0) is 0 Å². The van der Waals surface area contributed by atoms with E-state index in [1.807, 2.05) is 18.2 Å². The summed E-state index contributed by atoms with van der Waals surface area (Å²) in [6.07, 6.45) is 8.97. The first-order valence-electron chi connectivity index (χ1n) is 6.61. The number of hydrogen-bond donors (Lipinski definition) is 0. The third-order valence-corrected chi connectivity index (χ3v) is 4.22. The van der Waals surface area contributed by atoms with Gasteiger partial charge in [0.1, 0.15) is 0 Å². The lowest BCUT2D eigenvalue weighted by Crippen LogP contribution is -2.10. The summed E-state index contributed by atoms with van der Waals surface area (Å²) in [7, 11) is 1.66. The first-order valence-corrected chi connectivity index (χ1v) is 7.73. The minimum atomic E-state index is 0.682. The molecule has 0 aliphatic heterocycles. The highest BCUT2D eigenvalue weighted by Crippen LogP contribution is 2.31. The van der Waals surface area contributed by atoms with Crippen molar-refractivity contribution in [3.05, 3.63) is 29.5 Å². The van der Waals surface area contributed by atoms with Crippen LogP contribution in [0.4, 0.5) is 0 Å². The molecule has 0 spiro atoms. The molecule has 1 aliphatic carbocycles. The van der Waals surface area contributed by atoms with Gasteiger partial charge in [0.25, 0.3) is 0 Å². The van der Waals surface area contributed by atoms with Gasteiger partial charge in [0.15, 0.2) is 0 Å². The molecule has 0 saturated heterocycles. The number of allylic oxidation sites excluding steroid dienone is 1. The van der Waals surface area contributed by atoms with Gasteiger partial charge in [-0.25, -0.2) is 4.98 Å². The highest BCUT2D eigenvalue weighted by Gasteiger charge is 2.17. The van der Waals surface area contributed by atoms with E-state index in [2.05, 4.69) is 27.0 Å². The monoisotopic (exact) mass is 309 g/mol. The van der Waals surface area contributed by atoms with Crippen molar-refractivity contribution < 1.29 is 4.74 Å². The van der Waals surface area contributed by atoms with Crippen molar-refractivity contribution in [2.75, 3.05) is 12.4 Å². The summed E-state index contributed by atoms with van der Waals surface area (Å²) in [4.78, 5) is 4.45. The van der Waals surface area contributed by atoms with Gasteiger partial charge in [-0.2, -0.15) is 0 Å². The van der Waals surface area contributed by atoms with Crippen molar-refractivity contribution in [1.29, 1.82) is 0 Å². The average molecular weight is 310 g/mol. The van der Waals surface area contributed by atoms with Crippen LogP contribution in [-0.4, -0.2) is 17.4 Å².